The second kappa shape index (κ2) is 5.02. The molecule has 0 spiro atoms. The van der Waals surface area contributed by atoms with Crippen LogP contribution in [0.3, 0.4) is 0 Å². The standard InChI is InChI=1S/C14H13FN4/c1-9-10(2)17-18-14(11(9)8-16)19(3)13-7-5-4-6-12(13)15/h4-7H,1-3H3. The fourth-order valence-corrected chi connectivity index (χ4v) is 1.80. The van der Waals surface area contributed by atoms with Crippen LogP contribution in [0.2, 0.25) is 0 Å². The first-order valence-corrected chi connectivity index (χ1v) is 5.78. The molecule has 2 rings (SSSR count). The number of hydrogen-bond acceptors (Lipinski definition) is 4. The zero-order valence-electron chi connectivity index (χ0n) is 11.0. The van der Waals surface area contributed by atoms with E-state index in [1.807, 2.05) is 0 Å². The van der Waals surface area contributed by atoms with Gasteiger partial charge < -0.3 is 4.90 Å². The molecule has 19 heavy (non-hydrogen) atoms. The zero-order chi connectivity index (χ0) is 14.0. The molecule has 0 bridgehead atoms. The summed E-state index contributed by atoms with van der Waals surface area (Å²) >= 11 is 0. The van der Waals surface area contributed by atoms with Crippen LogP contribution < -0.4 is 4.90 Å². The van der Waals surface area contributed by atoms with Gasteiger partial charge in [0.1, 0.15) is 17.4 Å². The Morgan fingerprint density at radius 3 is 2.53 bits per heavy atom. The largest absolute Gasteiger partial charge is 0.324 e. The van der Waals surface area contributed by atoms with Gasteiger partial charge in [-0.3, -0.25) is 0 Å². The van der Waals surface area contributed by atoms with E-state index >= 15 is 0 Å². The van der Waals surface area contributed by atoms with Gasteiger partial charge in [0.15, 0.2) is 5.82 Å². The van der Waals surface area contributed by atoms with E-state index in [1.54, 1.807) is 39.1 Å². The Labute approximate surface area is 111 Å². The number of aryl methyl sites for hydroxylation is 1. The average Bonchev–Trinajstić information content (AvgIpc) is 2.41. The molecule has 0 N–H and O–H groups in total. The third kappa shape index (κ3) is 2.25. The Morgan fingerprint density at radius 2 is 1.89 bits per heavy atom. The Hall–Kier alpha value is -2.48. The van der Waals surface area contributed by atoms with Crippen molar-refractivity contribution in [3.63, 3.8) is 0 Å². The van der Waals surface area contributed by atoms with Crippen LogP contribution in [0.25, 0.3) is 0 Å². The molecule has 0 saturated carbocycles. The number of benzene rings is 1. The molecule has 1 heterocycles. The molecule has 0 amide bonds. The van der Waals surface area contributed by atoms with Gasteiger partial charge in [-0.05, 0) is 31.5 Å². The van der Waals surface area contributed by atoms with E-state index in [0.717, 1.165) is 5.56 Å². The Bertz CT molecular complexity index is 661. The predicted octanol–water partition coefficient (Wildman–Crippen LogP) is 2.87. The molecule has 0 saturated heterocycles. The molecular formula is C14H13FN4. The minimum absolute atomic E-state index is 0.357. The van der Waals surface area contributed by atoms with Crippen LogP contribution in [0.1, 0.15) is 16.8 Å². The van der Waals surface area contributed by atoms with Crippen LogP contribution in [0.5, 0.6) is 0 Å². The second-order valence-electron chi connectivity index (χ2n) is 4.23. The molecule has 0 aliphatic carbocycles. The average molecular weight is 256 g/mol. The number of para-hydroxylation sites is 1. The summed E-state index contributed by atoms with van der Waals surface area (Å²) in [5.41, 5.74) is 2.23. The van der Waals surface area contributed by atoms with Crippen molar-refractivity contribution in [2.45, 2.75) is 13.8 Å². The molecule has 0 radical (unpaired) electrons. The predicted molar refractivity (Wildman–Crippen MR) is 70.7 cm³/mol. The lowest BCUT2D eigenvalue weighted by Crippen LogP contribution is -2.16. The van der Waals surface area contributed by atoms with Crippen molar-refractivity contribution < 1.29 is 4.39 Å². The molecule has 0 atom stereocenters. The summed E-state index contributed by atoms with van der Waals surface area (Å²) < 4.78 is 13.8. The van der Waals surface area contributed by atoms with Crippen LogP contribution in [-0.2, 0) is 0 Å². The second-order valence-corrected chi connectivity index (χ2v) is 4.23. The fourth-order valence-electron chi connectivity index (χ4n) is 1.80. The van der Waals surface area contributed by atoms with Gasteiger partial charge in [-0.15, -0.1) is 5.10 Å². The minimum atomic E-state index is -0.367. The van der Waals surface area contributed by atoms with Gasteiger partial charge in [0.2, 0.25) is 0 Å². The first-order valence-electron chi connectivity index (χ1n) is 5.78. The summed E-state index contributed by atoms with van der Waals surface area (Å²) in [6.45, 7) is 3.59. The molecule has 4 nitrogen and oxygen atoms in total. The van der Waals surface area contributed by atoms with Crippen molar-refractivity contribution in [2.75, 3.05) is 11.9 Å². The molecule has 5 heteroatoms. The number of halogens is 1. The van der Waals surface area contributed by atoms with Gasteiger partial charge >= 0.3 is 0 Å². The van der Waals surface area contributed by atoms with Crippen LogP contribution in [0.15, 0.2) is 24.3 Å². The summed E-state index contributed by atoms with van der Waals surface area (Å²) in [7, 11) is 1.66. The van der Waals surface area contributed by atoms with Gasteiger partial charge in [-0.2, -0.15) is 10.4 Å². The van der Waals surface area contributed by atoms with E-state index in [2.05, 4.69) is 16.3 Å². The van der Waals surface area contributed by atoms with Gasteiger partial charge in [0.25, 0.3) is 0 Å². The molecule has 0 aliphatic heterocycles. The summed E-state index contributed by atoms with van der Waals surface area (Å²) in [6, 6.07) is 8.45. The first-order chi connectivity index (χ1) is 9.06. The van der Waals surface area contributed by atoms with Gasteiger partial charge in [-0.25, -0.2) is 4.39 Å². The van der Waals surface area contributed by atoms with Gasteiger partial charge in [0, 0.05) is 7.05 Å². The van der Waals surface area contributed by atoms with Crippen molar-refractivity contribution in [2.24, 2.45) is 0 Å². The van der Waals surface area contributed by atoms with Crippen LogP contribution >= 0.6 is 0 Å². The van der Waals surface area contributed by atoms with E-state index in [1.165, 1.54) is 11.0 Å². The summed E-state index contributed by atoms with van der Waals surface area (Å²) in [5, 5.41) is 17.3. The highest BCUT2D eigenvalue weighted by atomic mass is 19.1. The number of rotatable bonds is 2. The molecule has 0 aliphatic rings. The highest BCUT2D eigenvalue weighted by Gasteiger charge is 2.17. The molecule has 1 aromatic heterocycles. The maximum Gasteiger partial charge on any atom is 0.173 e. The zero-order valence-corrected chi connectivity index (χ0v) is 11.0. The monoisotopic (exact) mass is 256 g/mol. The normalized spacial score (nSPS) is 10.1. The third-order valence-corrected chi connectivity index (χ3v) is 3.08. The highest BCUT2D eigenvalue weighted by molar-refractivity contribution is 5.66. The SMILES string of the molecule is Cc1nnc(N(C)c2ccccc2F)c(C#N)c1C. The van der Waals surface area contributed by atoms with E-state index in [-0.39, 0.29) is 5.82 Å². The molecule has 2 aromatic rings. The molecular weight excluding hydrogens is 243 g/mol. The van der Waals surface area contributed by atoms with E-state index in [4.69, 9.17) is 0 Å². The number of anilines is 2. The molecule has 0 unspecified atom stereocenters. The van der Waals surface area contributed by atoms with Crippen molar-refractivity contribution >= 4 is 11.5 Å². The number of nitrogens with zero attached hydrogens (tertiary/aromatic N) is 4. The Balaban J connectivity index is 2.58. The van der Waals surface area contributed by atoms with Gasteiger partial charge in [0.05, 0.1) is 11.4 Å². The topological polar surface area (TPSA) is 52.8 Å². The lowest BCUT2D eigenvalue weighted by atomic mass is 10.1. The third-order valence-electron chi connectivity index (χ3n) is 3.08. The first kappa shape index (κ1) is 13.0. The summed E-state index contributed by atoms with van der Waals surface area (Å²) in [6.07, 6.45) is 0. The lowest BCUT2D eigenvalue weighted by Gasteiger charge is -2.20. The maximum atomic E-state index is 13.8. The highest BCUT2D eigenvalue weighted by Crippen LogP contribution is 2.28. The quantitative estimate of drug-likeness (QED) is 0.829. The van der Waals surface area contributed by atoms with Crippen LogP contribution in [0.4, 0.5) is 15.9 Å². The number of hydrogen-bond donors (Lipinski definition) is 0. The summed E-state index contributed by atoms with van der Waals surface area (Å²) in [4.78, 5) is 1.54. The maximum absolute atomic E-state index is 13.8. The van der Waals surface area contributed by atoms with Crippen molar-refractivity contribution in [3.05, 3.63) is 46.9 Å². The smallest absolute Gasteiger partial charge is 0.173 e. The lowest BCUT2D eigenvalue weighted by molar-refractivity contribution is 0.627. The van der Waals surface area contributed by atoms with E-state index < -0.39 is 0 Å². The summed E-state index contributed by atoms with van der Waals surface area (Å²) in [5.74, 6) is -0.00961. The number of aromatic nitrogens is 2. The van der Waals surface area contributed by atoms with Crippen molar-refractivity contribution in [1.29, 1.82) is 5.26 Å². The number of nitriles is 1. The van der Waals surface area contributed by atoms with Crippen molar-refractivity contribution in [3.8, 4) is 6.07 Å². The molecule has 1 aromatic carbocycles. The molecule has 96 valence electrons. The van der Waals surface area contributed by atoms with E-state index in [9.17, 15) is 9.65 Å². The molecule has 0 fully saturated rings. The fraction of sp³-hybridized carbons (Fsp3) is 0.214. The van der Waals surface area contributed by atoms with E-state index in [0.29, 0.717) is 22.8 Å². The van der Waals surface area contributed by atoms with Crippen LogP contribution in [0, 0.1) is 31.0 Å². The van der Waals surface area contributed by atoms with Gasteiger partial charge in [-0.1, -0.05) is 12.1 Å². The van der Waals surface area contributed by atoms with Crippen LogP contribution in [-0.4, -0.2) is 17.2 Å². The Morgan fingerprint density at radius 1 is 1.21 bits per heavy atom. The van der Waals surface area contributed by atoms with Crippen molar-refractivity contribution in [1.82, 2.24) is 10.2 Å². The Kier molecular flexibility index (Phi) is 3.43. The minimum Gasteiger partial charge on any atom is -0.324 e.